The van der Waals surface area contributed by atoms with Gasteiger partial charge >= 0.3 is 0 Å². The van der Waals surface area contributed by atoms with Gasteiger partial charge in [0.15, 0.2) is 0 Å². The average molecular weight is 246 g/mol. The Morgan fingerprint density at radius 2 is 2.00 bits per heavy atom. The van der Waals surface area contributed by atoms with Crippen LogP contribution in [-0.2, 0) is 6.54 Å². The normalized spacial score (nSPS) is 28.3. The number of fused-ring (bicyclic) bond motifs is 2. The predicted molar refractivity (Wildman–Crippen MR) is 71.9 cm³/mol. The van der Waals surface area contributed by atoms with Gasteiger partial charge in [-0.1, -0.05) is 6.42 Å². The van der Waals surface area contributed by atoms with Crippen molar-refractivity contribution in [3.63, 3.8) is 0 Å². The summed E-state index contributed by atoms with van der Waals surface area (Å²) in [5.74, 6) is 3.28. The summed E-state index contributed by atoms with van der Waals surface area (Å²) in [5, 5.41) is 0. The molecule has 3 rings (SSSR count). The third kappa shape index (κ3) is 2.64. The molecule has 98 valence electrons. The summed E-state index contributed by atoms with van der Waals surface area (Å²) in [7, 11) is 0. The summed E-state index contributed by atoms with van der Waals surface area (Å²) in [6.45, 7) is 5.27. The molecule has 1 aliphatic heterocycles. The van der Waals surface area contributed by atoms with E-state index in [0.29, 0.717) is 5.82 Å². The molecule has 4 nitrogen and oxygen atoms in total. The molecule has 2 atom stereocenters. The van der Waals surface area contributed by atoms with Gasteiger partial charge in [-0.05, 0) is 38.0 Å². The summed E-state index contributed by atoms with van der Waals surface area (Å²) in [6.07, 6.45) is 5.68. The lowest BCUT2D eigenvalue weighted by Crippen LogP contribution is -2.42. The highest BCUT2D eigenvalue weighted by atomic mass is 15.2. The van der Waals surface area contributed by atoms with Crippen LogP contribution in [0.5, 0.6) is 0 Å². The third-order valence-electron chi connectivity index (χ3n) is 4.21. The lowest BCUT2D eigenvalue weighted by atomic mass is 9.78. The van der Waals surface area contributed by atoms with Gasteiger partial charge in [-0.3, -0.25) is 4.90 Å². The van der Waals surface area contributed by atoms with Crippen molar-refractivity contribution in [3.8, 4) is 0 Å². The zero-order chi connectivity index (χ0) is 12.5. The molecule has 0 radical (unpaired) electrons. The first kappa shape index (κ1) is 11.9. The van der Waals surface area contributed by atoms with E-state index < -0.39 is 0 Å². The fourth-order valence-electron chi connectivity index (χ4n) is 3.59. The van der Waals surface area contributed by atoms with E-state index in [9.17, 15) is 0 Å². The van der Waals surface area contributed by atoms with Gasteiger partial charge in [-0.25, -0.2) is 9.97 Å². The first-order chi connectivity index (χ1) is 8.69. The Kier molecular flexibility index (Phi) is 3.20. The SMILES string of the molecule is Cc1cc(N)nc(CN2CC3CCCC(C3)C2)n1. The van der Waals surface area contributed by atoms with Gasteiger partial charge < -0.3 is 5.73 Å². The Hall–Kier alpha value is -1.16. The van der Waals surface area contributed by atoms with Gasteiger partial charge in [0.25, 0.3) is 0 Å². The third-order valence-corrected chi connectivity index (χ3v) is 4.21. The van der Waals surface area contributed by atoms with Gasteiger partial charge in [0, 0.05) is 24.8 Å². The Bertz CT molecular complexity index is 400. The smallest absolute Gasteiger partial charge is 0.144 e. The van der Waals surface area contributed by atoms with E-state index in [0.717, 1.165) is 29.9 Å². The maximum atomic E-state index is 5.79. The molecule has 4 heteroatoms. The second kappa shape index (κ2) is 4.84. The lowest BCUT2D eigenvalue weighted by Gasteiger charge is -2.41. The van der Waals surface area contributed by atoms with E-state index in [1.54, 1.807) is 0 Å². The van der Waals surface area contributed by atoms with Crippen molar-refractivity contribution in [3.05, 3.63) is 17.6 Å². The van der Waals surface area contributed by atoms with Crippen molar-refractivity contribution in [2.75, 3.05) is 18.8 Å². The van der Waals surface area contributed by atoms with E-state index in [1.165, 1.54) is 38.8 Å². The van der Waals surface area contributed by atoms with Gasteiger partial charge in [0.2, 0.25) is 0 Å². The zero-order valence-corrected chi connectivity index (χ0v) is 11.1. The first-order valence-electron chi connectivity index (χ1n) is 7.01. The highest BCUT2D eigenvalue weighted by Crippen LogP contribution is 2.34. The maximum absolute atomic E-state index is 5.79. The summed E-state index contributed by atoms with van der Waals surface area (Å²) in [5.41, 5.74) is 6.75. The minimum atomic E-state index is 0.592. The largest absolute Gasteiger partial charge is 0.384 e. The Morgan fingerprint density at radius 3 is 2.67 bits per heavy atom. The molecule has 2 N–H and O–H groups in total. The molecule has 2 aliphatic rings. The minimum absolute atomic E-state index is 0.592. The number of aryl methyl sites for hydroxylation is 1. The number of nitrogen functional groups attached to an aromatic ring is 1. The van der Waals surface area contributed by atoms with Crippen molar-refractivity contribution in [2.24, 2.45) is 11.8 Å². The molecule has 1 aromatic heterocycles. The standard InChI is InChI=1S/C14H22N4/c1-10-5-13(15)17-14(16-10)9-18-7-11-3-2-4-12(6-11)8-18/h5,11-12H,2-4,6-9H2,1H3,(H2,15,16,17). The lowest BCUT2D eigenvalue weighted by molar-refractivity contribution is 0.0789. The van der Waals surface area contributed by atoms with Gasteiger partial charge in [-0.2, -0.15) is 0 Å². The highest BCUT2D eigenvalue weighted by Gasteiger charge is 2.30. The van der Waals surface area contributed by atoms with Gasteiger partial charge in [-0.15, -0.1) is 0 Å². The average Bonchev–Trinajstić information content (AvgIpc) is 2.26. The van der Waals surface area contributed by atoms with Crippen LogP contribution in [0, 0.1) is 18.8 Å². The van der Waals surface area contributed by atoms with Gasteiger partial charge in [0.05, 0.1) is 6.54 Å². The van der Waals surface area contributed by atoms with Crippen LogP contribution in [0.4, 0.5) is 5.82 Å². The molecule has 1 aromatic rings. The van der Waals surface area contributed by atoms with Crippen LogP contribution in [0.3, 0.4) is 0 Å². The van der Waals surface area contributed by atoms with Crippen molar-refractivity contribution in [1.29, 1.82) is 0 Å². The summed E-state index contributed by atoms with van der Waals surface area (Å²) in [4.78, 5) is 11.4. The van der Waals surface area contributed by atoms with Crippen LogP contribution in [0.15, 0.2) is 6.07 Å². The van der Waals surface area contributed by atoms with Crippen LogP contribution in [0.25, 0.3) is 0 Å². The monoisotopic (exact) mass is 246 g/mol. The molecule has 2 heterocycles. The van der Waals surface area contributed by atoms with E-state index in [2.05, 4.69) is 14.9 Å². The number of likely N-dealkylation sites (tertiary alicyclic amines) is 1. The number of aromatic nitrogens is 2. The van der Waals surface area contributed by atoms with Crippen molar-refractivity contribution in [2.45, 2.75) is 39.2 Å². The Morgan fingerprint density at radius 1 is 1.28 bits per heavy atom. The molecule has 0 aromatic carbocycles. The van der Waals surface area contributed by atoms with E-state index in [4.69, 9.17) is 5.73 Å². The van der Waals surface area contributed by atoms with Crippen LogP contribution < -0.4 is 5.73 Å². The van der Waals surface area contributed by atoms with E-state index in [-0.39, 0.29) is 0 Å². The van der Waals surface area contributed by atoms with E-state index in [1.807, 2.05) is 13.0 Å². The number of anilines is 1. The topological polar surface area (TPSA) is 55.0 Å². The Balaban J connectivity index is 1.68. The molecule has 2 bridgehead atoms. The minimum Gasteiger partial charge on any atom is -0.384 e. The molecule has 0 spiro atoms. The fourth-order valence-corrected chi connectivity index (χ4v) is 3.59. The van der Waals surface area contributed by atoms with Crippen molar-refractivity contribution >= 4 is 5.82 Å². The number of rotatable bonds is 2. The van der Waals surface area contributed by atoms with Crippen LogP contribution in [0.2, 0.25) is 0 Å². The van der Waals surface area contributed by atoms with Crippen molar-refractivity contribution < 1.29 is 0 Å². The molecular weight excluding hydrogens is 224 g/mol. The molecule has 1 saturated heterocycles. The summed E-state index contributed by atoms with van der Waals surface area (Å²) < 4.78 is 0. The van der Waals surface area contributed by atoms with Crippen LogP contribution in [-0.4, -0.2) is 28.0 Å². The molecule has 18 heavy (non-hydrogen) atoms. The zero-order valence-electron chi connectivity index (χ0n) is 11.1. The quantitative estimate of drug-likeness (QED) is 0.867. The fraction of sp³-hybridized carbons (Fsp3) is 0.714. The van der Waals surface area contributed by atoms with Crippen molar-refractivity contribution in [1.82, 2.24) is 14.9 Å². The predicted octanol–water partition coefficient (Wildman–Crippen LogP) is 1.99. The summed E-state index contributed by atoms with van der Waals surface area (Å²) in [6, 6.07) is 1.83. The number of piperidine rings is 1. The maximum Gasteiger partial charge on any atom is 0.144 e. The Labute approximate surface area is 109 Å². The summed E-state index contributed by atoms with van der Waals surface area (Å²) >= 11 is 0. The van der Waals surface area contributed by atoms with Crippen LogP contribution in [0.1, 0.15) is 37.2 Å². The molecule has 1 saturated carbocycles. The number of hydrogen-bond donors (Lipinski definition) is 1. The molecule has 2 fully saturated rings. The van der Waals surface area contributed by atoms with E-state index >= 15 is 0 Å². The first-order valence-corrected chi connectivity index (χ1v) is 7.01. The van der Waals surface area contributed by atoms with Gasteiger partial charge in [0.1, 0.15) is 11.6 Å². The number of hydrogen-bond acceptors (Lipinski definition) is 4. The molecule has 2 unspecified atom stereocenters. The second-order valence-corrected chi connectivity index (χ2v) is 5.94. The molecule has 0 amide bonds. The highest BCUT2D eigenvalue weighted by molar-refractivity contribution is 5.29. The molecule has 1 aliphatic carbocycles. The molecular formula is C14H22N4. The van der Waals surface area contributed by atoms with Crippen LogP contribution >= 0.6 is 0 Å². The number of nitrogens with two attached hydrogens (primary N) is 1. The number of nitrogens with zero attached hydrogens (tertiary/aromatic N) is 3. The second-order valence-electron chi connectivity index (χ2n) is 5.94.